The molecule has 0 aliphatic rings. The Morgan fingerprint density at radius 3 is 1.36 bits per heavy atom. The van der Waals surface area contributed by atoms with Crippen molar-refractivity contribution in [3.05, 3.63) is 73.0 Å². The molecule has 1 heterocycles. The van der Waals surface area contributed by atoms with Crippen molar-refractivity contribution in [2.24, 2.45) is 0 Å². The predicted molar refractivity (Wildman–Crippen MR) is 192 cm³/mol. The fourth-order valence-corrected chi connectivity index (χ4v) is 2.25. The van der Waals surface area contributed by atoms with Gasteiger partial charge in [-0.3, -0.25) is 4.79 Å². The number of hydrogen-bond acceptors (Lipinski definition) is 12. The summed E-state index contributed by atoms with van der Waals surface area (Å²) in [5.41, 5.74) is -7.04. The van der Waals surface area contributed by atoms with Crippen molar-refractivity contribution >= 4 is 48.0 Å². The fraction of sp³-hybridized carbons (Fsp3) is 0.469. The summed E-state index contributed by atoms with van der Waals surface area (Å²) in [7, 11) is 7.36. The zero-order chi connectivity index (χ0) is 46.4. The molecule has 12 nitrogen and oxygen atoms in total. The van der Waals surface area contributed by atoms with E-state index in [0.717, 1.165) is 30.9 Å². The summed E-state index contributed by atoms with van der Waals surface area (Å²) in [4.78, 5) is 13.6. The summed E-state index contributed by atoms with van der Waals surface area (Å²) < 4.78 is 132. The third-order valence-electron chi connectivity index (χ3n) is 4.51. The van der Waals surface area contributed by atoms with Crippen molar-refractivity contribution < 1.29 is 91.8 Å². The van der Waals surface area contributed by atoms with Gasteiger partial charge in [0.05, 0.1) is 75.2 Å². The van der Waals surface area contributed by atoms with Crippen LogP contribution in [0.5, 0.6) is 0 Å². The minimum atomic E-state index is -4.88. The zero-order valence-corrected chi connectivity index (χ0v) is 34.6. The van der Waals surface area contributed by atoms with Gasteiger partial charge in [-0.05, 0) is 52.0 Å². The number of ether oxygens (including phenoxy) is 3. The number of carbonyl (C=O) groups excluding carboxylic acids is 1. The maximum atomic E-state index is 12.2. The maximum absolute atomic E-state index is 12.2. The van der Waals surface area contributed by atoms with Crippen LogP contribution in [0.15, 0.2) is 55.3 Å². The molecule has 0 radical (unpaired) electrons. The molecular formula is C32H38Cl3F9LiN5O7S. The van der Waals surface area contributed by atoms with E-state index in [9.17, 15) is 44.3 Å². The Bertz CT molecular complexity index is 1450. The van der Waals surface area contributed by atoms with Gasteiger partial charge < -0.3 is 31.3 Å². The Morgan fingerprint density at radius 1 is 0.845 bits per heavy atom. The number of pyridine rings is 1. The second kappa shape index (κ2) is 40.0. The average Bonchev–Trinajstić information content (AvgIpc) is 3.05. The molecule has 0 aliphatic heterocycles. The summed E-state index contributed by atoms with van der Waals surface area (Å²) in [6.45, 7) is 11.7. The predicted octanol–water partition coefficient (Wildman–Crippen LogP) is 6.29. The Kier molecular flexibility index (Phi) is 47.4. The van der Waals surface area contributed by atoms with Crippen LogP contribution >= 0.6 is 33.0 Å². The van der Waals surface area contributed by atoms with E-state index in [0.29, 0.717) is 18.8 Å². The zero-order valence-electron chi connectivity index (χ0n) is 31.6. The molecule has 0 aliphatic carbocycles. The molecule has 0 aromatic carbocycles. The first kappa shape index (κ1) is 68.8. The molecular weight excluding hydrogens is 883 g/mol. The quantitative estimate of drug-likeness (QED) is 0.0478. The molecule has 324 valence electrons. The van der Waals surface area contributed by atoms with Gasteiger partial charge in [-0.1, -0.05) is 11.6 Å². The van der Waals surface area contributed by atoms with Crippen LogP contribution in [0.2, 0.25) is 5.15 Å². The maximum Gasteiger partial charge on any atom is 1.00 e. The number of aromatic nitrogens is 1. The molecule has 2 unspecified atom stereocenters. The summed E-state index contributed by atoms with van der Waals surface area (Å²) in [6, 6.07) is 7.43. The van der Waals surface area contributed by atoms with E-state index in [1.807, 2.05) is 6.92 Å². The van der Waals surface area contributed by atoms with E-state index in [1.165, 1.54) is 44.4 Å². The van der Waals surface area contributed by atoms with Gasteiger partial charge in [0.1, 0.15) is 5.15 Å². The molecule has 58 heavy (non-hydrogen) atoms. The first-order valence-electron chi connectivity index (χ1n) is 14.7. The molecule has 1 aromatic rings. The Labute approximate surface area is 358 Å². The molecule has 2 N–H and O–H groups in total. The number of halogens is 12. The number of nitrogens with zero attached hydrogens (tertiary/aromatic N) is 5. The second-order valence-corrected chi connectivity index (χ2v) is 11.7. The summed E-state index contributed by atoms with van der Waals surface area (Å²) >= 11 is 5.24. The van der Waals surface area contributed by atoms with E-state index < -0.39 is 57.4 Å². The molecule has 1 aromatic heterocycles. The van der Waals surface area contributed by atoms with Gasteiger partial charge in [0.15, 0.2) is 17.0 Å². The van der Waals surface area contributed by atoms with Gasteiger partial charge in [-0.25, -0.2) is 14.5 Å². The number of rotatable bonds is 11. The van der Waals surface area contributed by atoms with Crippen LogP contribution in [-0.4, -0.2) is 68.6 Å². The van der Waals surface area contributed by atoms with E-state index >= 15 is 0 Å². The number of nitriles is 4. The van der Waals surface area contributed by atoms with Gasteiger partial charge in [0.2, 0.25) is 9.23 Å². The van der Waals surface area contributed by atoms with Crippen LogP contribution in [0.4, 0.5) is 39.5 Å². The summed E-state index contributed by atoms with van der Waals surface area (Å²) in [6.07, 6.45) is -10.1. The fourth-order valence-electron chi connectivity index (χ4n) is 2.08. The van der Waals surface area contributed by atoms with Crippen molar-refractivity contribution in [1.82, 2.24) is 4.98 Å². The van der Waals surface area contributed by atoms with Gasteiger partial charge in [-0.15, -0.1) is 6.07 Å². The van der Waals surface area contributed by atoms with Crippen LogP contribution in [0.25, 0.3) is 0 Å². The smallest absolute Gasteiger partial charge is 0.502 e. The minimum Gasteiger partial charge on any atom is -0.502 e. The topological polar surface area (TPSA) is 210 Å². The molecule has 0 spiro atoms. The van der Waals surface area contributed by atoms with Crippen molar-refractivity contribution in [3.8, 4) is 24.3 Å². The Morgan fingerprint density at radius 2 is 1.16 bits per heavy atom. The Balaban J connectivity index is -0.000000112. The number of aliphatic hydroxyl groups is 2. The van der Waals surface area contributed by atoms with Crippen LogP contribution in [0, 0.1) is 52.2 Å². The third-order valence-corrected chi connectivity index (χ3v) is 4.72. The SMILES string of the molecule is CC#N.CCO/C=C/C(C)=O.CCO/C=C/C(O)(CC#N)C(F)(F)F.CCO/C=C/C(O)(CC#N)C(F)(F)F.FC(F)(F)c1ccnc(Cl)c1.O=S(Cl)Cl.[CH2-]C#N.[Li+]. The van der Waals surface area contributed by atoms with Crippen molar-refractivity contribution in [1.29, 1.82) is 21.0 Å². The minimum absolute atomic E-state index is 0. The first-order valence-corrected chi connectivity index (χ1v) is 17.9. The third kappa shape index (κ3) is 44.9. The van der Waals surface area contributed by atoms with Crippen molar-refractivity contribution in [2.45, 2.75) is 77.2 Å². The van der Waals surface area contributed by atoms with Crippen LogP contribution in [0.1, 0.15) is 53.0 Å². The summed E-state index contributed by atoms with van der Waals surface area (Å²) in [5.74, 6) is 0.0125. The van der Waals surface area contributed by atoms with E-state index in [1.54, 1.807) is 19.9 Å². The van der Waals surface area contributed by atoms with Gasteiger partial charge in [-0.2, -0.15) is 55.3 Å². The monoisotopic (exact) mass is 919 g/mol. The molecule has 2 atom stereocenters. The molecule has 1 rings (SSSR count). The standard InChI is InChI=1S/2C8H10F3NO2.C6H3ClF3N.C6H10O2.C2H3N.C2H2N.Cl2OS.Li/c2*1-2-14-6-4-7(13,3-5-12)8(9,10)11;7-5-3-4(1-2-11-5)6(8,9)10;1-3-8-5-4-6(2)7;2*1-2-3;1-4(2)3;/h2*4,6,13H,2-3H2,1H3;1-3H;4-5H,3H2,1-2H3;1H3;1H2;;/q;;;;;-1;;+1/b2*6-4+;;5-4+;;;;. The summed E-state index contributed by atoms with van der Waals surface area (Å²) in [5, 5.41) is 48.8. The average molecular weight is 921 g/mol. The van der Waals surface area contributed by atoms with Gasteiger partial charge in [0, 0.05) is 40.6 Å². The largest absolute Gasteiger partial charge is 1.00 e. The van der Waals surface area contributed by atoms with E-state index in [2.05, 4.69) is 42.7 Å². The van der Waals surface area contributed by atoms with Crippen LogP contribution in [-0.2, 0) is 34.4 Å². The van der Waals surface area contributed by atoms with Crippen LogP contribution in [0.3, 0.4) is 0 Å². The number of allylic oxidation sites excluding steroid dienone is 1. The van der Waals surface area contributed by atoms with Crippen molar-refractivity contribution in [3.63, 3.8) is 0 Å². The van der Waals surface area contributed by atoms with E-state index in [4.69, 9.17) is 51.8 Å². The molecule has 0 saturated carbocycles. The van der Waals surface area contributed by atoms with Crippen LogP contribution < -0.4 is 18.9 Å². The number of carbonyl (C=O) groups is 1. The van der Waals surface area contributed by atoms with Crippen molar-refractivity contribution in [2.75, 3.05) is 19.8 Å². The molecule has 0 saturated heterocycles. The Hall–Kier alpha value is -3.82. The molecule has 26 heteroatoms. The first-order chi connectivity index (χ1) is 26.1. The molecule has 0 bridgehead atoms. The molecule has 0 fully saturated rings. The number of hydrogen-bond donors (Lipinski definition) is 2. The van der Waals surface area contributed by atoms with Gasteiger partial charge >= 0.3 is 37.4 Å². The number of ketones is 1. The second-order valence-electron chi connectivity index (χ2n) is 8.83. The van der Waals surface area contributed by atoms with Gasteiger partial charge in [0.25, 0.3) is 0 Å². The van der Waals surface area contributed by atoms with E-state index in [-0.39, 0.29) is 43.0 Å². The number of alkyl halides is 9. The molecule has 0 amide bonds. The normalized spacial score (nSPS) is 12.3.